The van der Waals surface area contributed by atoms with Crippen molar-refractivity contribution in [1.82, 2.24) is 0 Å². The number of benzene rings is 1. The van der Waals surface area contributed by atoms with Gasteiger partial charge in [-0.3, -0.25) is 9.30 Å². The van der Waals surface area contributed by atoms with Crippen LogP contribution in [0.5, 0.6) is 0 Å². The number of rotatable bonds is 6. The summed E-state index contributed by atoms with van der Waals surface area (Å²) in [5.74, 6) is 0. The standard InChI is InChI=1S/C19H23N3O3S3/c1-12-8-13-10-15(19-20-11-14(27-19)5-6-23)21-18(13)16(9-12)22(2)28(24,25)17-4-3-7-26-17/h3-4,7-9,14-15,21,23H,5-6,10-11H2,1-2H3. The van der Waals surface area contributed by atoms with Crippen molar-refractivity contribution >= 4 is 49.5 Å². The number of nitrogens with zero attached hydrogens (tertiary/aromatic N) is 2. The molecular weight excluding hydrogens is 414 g/mol. The van der Waals surface area contributed by atoms with Gasteiger partial charge in [0.25, 0.3) is 10.0 Å². The van der Waals surface area contributed by atoms with Crippen molar-refractivity contribution in [2.24, 2.45) is 4.99 Å². The van der Waals surface area contributed by atoms with Crippen molar-refractivity contribution in [3.8, 4) is 0 Å². The Balaban J connectivity index is 1.62. The second-order valence-electron chi connectivity index (χ2n) is 7.05. The lowest BCUT2D eigenvalue weighted by Gasteiger charge is -2.22. The van der Waals surface area contributed by atoms with Gasteiger partial charge >= 0.3 is 0 Å². The monoisotopic (exact) mass is 437 g/mol. The minimum atomic E-state index is -3.59. The molecule has 3 heterocycles. The smallest absolute Gasteiger partial charge is 0.273 e. The third-order valence-electron chi connectivity index (χ3n) is 5.02. The van der Waals surface area contributed by atoms with E-state index in [0.29, 0.717) is 15.1 Å². The second kappa shape index (κ2) is 7.70. The number of fused-ring (bicyclic) bond motifs is 1. The zero-order valence-electron chi connectivity index (χ0n) is 15.8. The van der Waals surface area contributed by atoms with Crippen molar-refractivity contribution in [3.05, 3.63) is 40.8 Å². The van der Waals surface area contributed by atoms with Crippen LogP contribution in [0.1, 0.15) is 17.5 Å². The van der Waals surface area contributed by atoms with Crippen LogP contribution >= 0.6 is 23.1 Å². The number of aliphatic imine (C=N–C) groups is 1. The Hall–Kier alpha value is -1.55. The summed E-state index contributed by atoms with van der Waals surface area (Å²) in [5, 5.41) is 15.8. The Morgan fingerprint density at radius 3 is 2.93 bits per heavy atom. The molecule has 2 atom stereocenters. The van der Waals surface area contributed by atoms with Crippen LogP contribution in [0.15, 0.2) is 38.8 Å². The van der Waals surface area contributed by atoms with Crippen LogP contribution in [-0.2, 0) is 16.4 Å². The number of hydrogen-bond acceptors (Lipinski definition) is 7. The summed E-state index contributed by atoms with van der Waals surface area (Å²) in [6, 6.07) is 7.47. The lowest BCUT2D eigenvalue weighted by Crippen LogP contribution is -2.28. The highest BCUT2D eigenvalue weighted by molar-refractivity contribution is 8.14. The zero-order valence-corrected chi connectivity index (χ0v) is 18.2. The summed E-state index contributed by atoms with van der Waals surface area (Å²) in [4.78, 5) is 4.66. The topological polar surface area (TPSA) is 82.0 Å². The maximum Gasteiger partial charge on any atom is 0.273 e. The molecule has 0 spiro atoms. The predicted molar refractivity (Wildman–Crippen MR) is 118 cm³/mol. The van der Waals surface area contributed by atoms with Gasteiger partial charge in [0.2, 0.25) is 0 Å². The Kier molecular flexibility index (Phi) is 5.43. The van der Waals surface area contributed by atoms with E-state index in [1.165, 1.54) is 15.6 Å². The average Bonchev–Trinajstić information content (AvgIpc) is 3.40. The average molecular weight is 438 g/mol. The number of aliphatic hydroxyl groups is 1. The summed E-state index contributed by atoms with van der Waals surface area (Å²) < 4.78 is 27.7. The second-order valence-corrected chi connectivity index (χ2v) is 11.5. The molecule has 0 saturated carbocycles. The van der Waals surface area contributed by atoms with Crippen LogP contribution in [0.2, 0.25) is 0 Å². The number of sulfonamides is 1. The SMILES string of the molecule is Cc1cc2c(c(N(C)S(=O)(=O)c3cccs3)c1)NC(C1=NCC(CCO)S1)C2. The minimum absolute atomic E-state index is 0.0575. The maximum atomic E-state index is 13.0. The zero-order chi connectivity index (χ0) is 19.9. The van der Waals surface area contributed by atoms with Gasteiger partial charge in [-0.1, -0.05) is 12.1 Å². The van der Waals surface area contributed by atoms with Crippen molar-refractivity contribution in [2.45, 2.75) is 35.3 Å². The molecule has 0 aliphatic carbocycles. The van der Waals surface area contributed by atoms with Gasteiger partial charge in [0.05, 0.1) is 29.0 Å². The molecule has 0 saturated heterocycles. The lowest BCUT2D eigenvalue weighted by molar-refractivity contribution is 0.288. The van der Waals surface area contributed by atoms with Gasteiger partial charge in [-0.2, -0.15) is 0 Å². The van der Waals surface area contributed by atoms with Crippen LogP contribution < -0.4 is 9.62 Å². The summed E-state index contributed by atoms with van der Waals surface area (Å²) >= 11 is 2.95. The molecule has 2 aliphatic heterocycles. The van der Waals surface area contributed by atoms with Crippen LogP contribution in [0.4, 0.5) is 11.4 Å². The Bertz CT molecular complexity index is 1000. The van der Waals surface area contributed by atoms with Gasteiger partial charge in [0.1, 0.15) is 4.21 Å². The molecule has 0 radical (unpaired) electrons. The molecular formula is C19H23N3O3S3. The summed E-state index contributed by atoms with van der Waals surface area (Å²) in [6.07, 6.45) is 1.53. The summed E-state index contributed by atoms with van der Waals surface area (Å²) in [6.45, 7) is 2.89. The van der Waals surface area contributed by atoms with Gasteiger partial charge in [0, 0.05) is 25.3 Å². The molecule has 2 N–H and O–H groups in total. The Morgan fingerprint density at radius 2 is 2.21 bits per heavy atom. The molecule has 1 aromatic carbocycles. The van der Waals surface area contributed by atoms with E-state index in [1.54, 1.807) is 36.3 Å². The van der Waals surface area contributed by atoms with Crippen molar-refractivity contribution in [2.75, 3.05) is 29.8 Å². The minimum Gasteiger partial charge on any atom is -0.396 e. The molecule has 0 bridgehead atoms. The molecule has 9 heteroatoms. The number of anilines is 2. The first-order chi connectivity index (χ1) is 13.4. The number of thioether (sulfide) groups is 1. The van der Waals surface area contributed by atoms with Gasteiger partial charge in [0.15, 0.2) is 0 Å². The van der Waals surface area contributed by atoms with Gasteiger partial charge in [-0.15, -0.1) is 23.1 Å². The van der Waals surface area contributed by atoms with Gasteiger partial charge in [-0.25, -0.2) is 8.42 Å². The lowest BCUT2D eigenvalue weighted by atomic mass is 10.1. The number of hydrogen-bond donors (Lipinski definition) is 2. The fraction of sp³-hybridized carbons (Fsp3) is 0.421. The van der Waals surface area contributed by atoms with E-state index in [1.807, 2.05) is 13.0 Å². The van der Waals surface area contributed by atoms with Crippen LogP contribution in [0, 0.1) is 6.92 Å². The predicted octanol–water partition coefficient (Wildman–Crippen LogP) is 3.11. The summed E-state index contributed by atoms with van der Waals surface area (Å²) in [5.41, 5.74) is 3.68. The van der Waals surface area contributed by atoms with Crippen LogP contribution in [-0.4, -0.2) is 50.1 Å². The summed E-state index contributed by atoms with van der Waals surface area (Å²) in [7, 11) is -1.98. The number of nitrogens with one attached hydrogen (secondary N) is 1. The maximum absolute atomic E-state index is 13.0. The first-order valence-electron chi connectivity index (χ1n) is 9.14. The van der Waals surface area contributed by atoms with Crippen LogP contribution in [0.25, 0.3) is 0 Å². The highest BCUT2D eigenvalue weighted by Gasteiger charge is 2.34. The highest BCUT2D eigenvalue weighted by atomic mass is 32.2. The molecule has 28 heavy (non-hydrogen) atoms. The first kappa shape index (κ1) is 19.8. The highest BCUT2D eigenvalue weighted by Crippen LogP contribution is 2.41. The number of aryl methyl sites for hydroxylation is 1. The van der Waals surface area contributed by atoms with E-state index in [4.69, 9.17) is 5.11 Å². The normalized spacial score (nSPS) is 21.3. The van der Waals surface area contributed by atoms with Crippen molar-refractivity contribution in [1.29, 1.82) is 0 Å². The van der Waals surface area contributed by atoms with E-state index < -0.39 is 10.0 Å². The van der Waals surface area contributed by atoms with Crippen molar-refractivity contribution in [3.63, 3.8) is 0 Å². The Labute approximate surface area is 173 Å². The Morgan fingerprint density at radius 1 is 1.39 bits per heavy atom. The molecule has 2 unspecified atom stereocenters. The fourth-order valence-corrected chi connectivity index (χ4v) is 7.14. The van der Waals surface area contributed by atoms with E-state index >= 15 is 0 Å². The molecule has 0 fully saturated rings. The van der Waals surface area contributed by atoms with E-state index in [-0.39, 0.29) is 12.6 Å². The third-order valence-corrected chi connectivity index (χ3v) is 9.54. The van der Waals surface area contributed by atoms with E-state index in [0.717, 1.165) is 41.2 Å². The van der Waals surface area contributed by atoms with Crippen LogP contribution in [0.3, 0.4) is 0 Å². The number of aliphatic hydroxyl groups excluding tert-OH is 1. The molecule has 2 aromatic rings. The van der Waals surface area contributed by atoms with E-state index in [9.17, 15) is 8.42 Å². The quantitative estimate of drug-likeness (QED) is 0.726. The van der Waals surface area contributed by atoms with E-state index in [2.05, 4.69) is 16.4 Å². The molecule has 0 amide bonds. The van der Waals surface area contributed by atoms with Gasteiger partial charge in [-0.05, 0) is 42.0 Å². The van der Waals surface area contributed by atoms with Crippen molar-refractivity contribution < 1.29 is 13.5 Å². The number of thiophene rings is 1. The van der Waals surface area contributed by atoms with Gasteiger partial charge < -0.3 is 10.4 Å². The molecule has 6 nitrogen and oxygen atoms in total. The fourth-order valence-electron chi connectivity index (χ4n) is 3.61. The third kappa shape index (κ3) is 3.56. The first-order valence-corrected chi connectivity index (χ1v) is 12.3. The molecule has 2 aliphatic rings. The molecule has 4 rings (SSSR count). The molecule has 1 aromatic heterocycles. The molecule has 150 valence electrons. The largest absolute Gasteiger partial charge is 0.396 e.